The lowest BCUT2D eigenvalue weighted by molar-refractivity contribution is -0.142. The van der Waals surface area contributed by atoms with Crippen LogP contribution in [0.4, 0.5) is 26.3 Å². The number of carboxylic acids is 1. The molecule has 14 heteroatoms. The molecule has 4 rings (SSSR count). The van der Waals surface area contributed by atoms with E-state index in [4.69, 9.17) is 5.11 Å². The van der Waals surface area contributed by atoms with Crippen LogP contribution in [0.25, 0.3) is 33.6 Å². The van der Waals surface area contributed by atoms with Crippen LogP contribution in [0, 0.1) is 5.92 Å². The van der Waals surface area contributed by atoms with Gasteiger partial charge in [0.05, 0.1) is 30.2 Å². The van der Waals surface area contributed by atoms with Gasteiger partial charge in [-0.05, 0) is 41.0 Å². The highest BCUT2D eigenvalue weighted by molar-refractivity contribution is 5.77. The van der Waals surface area contributed by atoms with Crippen LogP contribution in [0.3, 0.4) is 0 Å². The lowest BCUT2D eigenvalue weighted by Gasteiger charge is -2.16. The Morgan fingerprint density at radius 2 is 1.10 bits per heavy atom. The van der Waals surface area contributed by atoms with Crippen molar-refractivity contribution < 1.29 is 41.0 Å². The number of alkyl halides is 6. The number of rotatable bonds is 15. The standard InChI is InChI=1S/C34H37F6N5O3/c1-20(2)17-41-29(46)15-25(11-13-33(35,36)37)31-42-18-27(44-31)23-7-3-21(4-8-23)22-5-9-24(10-6-22)28-19-43-32(45-28)26(16-30(47)48)12-14-34(38,39)40/h3-10,18-20,25-26H,11-17H2,1-2H3,(H,41,46)(H,42,44)(H,43,45)(H,47,48)/t25-,26-/m1/s1. The number of amides is 1. The molecule has 0 unspecified atom stereocenters. The molecule has 0 aliphatic carbocycles. The molecule has 2 heterocycles. The van der Waals surface area contributed by atoms with Gasteiger partial charge in [0.2, 0.25) is 5.91 Å². The van der Waals surface area contributed by atoms with Crippen molar-refractivity contribution in [1.29, 1.82) is 0 Å². The van der Waals surface area contributed by atoms with Crippen LogP contribution >= 0.6 is 0 Å². The number of nitrogens with zero attached hydrogens (tertiary/aromatic N) is 2. The highest BCUT2D eigenvalue weighted by atomic mass is 19.4. The molecule has 258 valence electrons. The van der Waals surface area contributed by atoms with E-state index in [1.54, 1.807) is 0 Å². The van der Waals surface area contributed by atoms with Gasteiger partial charge in [0.1, 0.15) is 11.6 Å². The van der Waals surface area contributed by atoms with E-state index in [-0.39, 0.29) is 30.5 Å². The highest BCUT2D eigenvalue weighted by Gasteiger charge is 2.31. The fourth-order valence-electron chi connectivity index (χ4n) is 5.24. The first kappa shape index (κ1) is 36.2. The average Bonchev–Trinajstić information content (AvgIpc) is 3.71. The SMILES string of the molecule is CC(C)CNC(=O)C[C@@H](CCC(F)(F)F)c1ncc(-c2ccc(-c3ccc(-c4cnc([C@H](CCC(F)(F)F)CC(=O)O)[nH]4)cc3)cc2)[nH]1. The molecule has 2 aromatic carbocycles. The number of aromatic amines is 2. The number of hydrogen-bond acceptors (Lipinski definition) is 4. The maximum Gasteiger partial charge on any atom is 0.389 e. The maximum atomic E-state index is 13.0. The van der Waals surface area contributed by atoms with Gasteiger partial charge in [0, 0.05) is 37.6 Å². The molecule has 4 N–H and O–H groups in total. The number of H-pyrrole nitrogens is 2. The predicted molar refractivity (Wildman–Crippen MR) is 168 cm³/mol. The molecule has 0 aliphatic heterocycles. The number of carbonyl (C=O) groups excluding carboxylic acids is 1. The first-order chi connectivity index (χ1) is 22.6. The second-order valence-electron chi connectivity index (χ2n) is 12.2. The van der Waals surface area contributed by atoms with E-state index < -0.39 is 55.8 Å². The number of nitrogens with one attached hydrogen (secondary N) is 3. The van der Waals surface area contributed by atoms with Crippen molar-refractivity contribution in [2.45, 2.75) is 76.6 Å². The van der Waals surface area contributed by atoms with Crippen molar-refractivity contribution in [3.05, 3.63) is 72.6 Å². The summed E-state index contributed by atoms with van der Waals surface area (Å²) in [6.45, 7) is 4.28. The Hall–Kier alpha value is -4.62. The first-order valence-corrected chi connectivity index (χ1v) is 15.5. The molecule has 2 aromatic heterocycles. The normalized spacial score (nSPS) is 13.4. The molecular formula is C34H37F6N5O3. The summed E-state index contributed by atoms with van der Waals surface area (Å²) in [6, 6.07) is 14.7. The molecule has 0 saturated carbocycles. The summed E-state index contributed by atoms with van der Waals surface area (Å²) in [5.74, 6) is -2.50. The topological polar surface area (TPSA) is 124 Å². The zero-order valence-corrected chi connectivity index (χ0v) is 26.4. The Kier molecular flexibility index (Phi) is 11.7. The lowest BCUT2D eigenvalue weighted by Crippen LogP contribution is -2.29. The van der Waals surface area contributed by atoms with Crippen molar-refractivity contribution >= 4 is 11.9 Å². The van der Waals surface area contributed by atoms with Gasteiger partial charge in [-0.25, -0.2) is 9.97 Å². The van der Waals surface area contributed by atoms with Crippen molar-refractivity contribution in [2.75, 3.05) is 6.54 Å². The third kappa shape index (κ3) is 11.0. The molecule has 8 nitrogen and oxygen atoms in total. The number of aliphatic carboxylic acids is 1. The van der Waals surface area contributed by atoms with Gasteiger partial charge in [-0.3, -0.25) is 9.59 Å². The number of carbonyl (C=O) groups is 2. The van der Waals surface area contributed by atoms with Gasteiger partial charge >= 0.3 is 18.3 Å². The molecule has 0 fully saturated rings. The van der Waals surface area contributed by atoms with Gasteiger partial charge < -0.3 is 20.4 Å². The minimum Gasteiger partial charge on any atom is -0.481 e. The fourth-order valence-corrected chi connectivity index (χ4v) is 5.24. The summed E-state index contributed by atoms with van der Waals surface area (Å²) in [4.78, 5) is 38.2. The smallest absolute Gasteiger partial charge is 0.389 e. The maximum absolute atomic E-state index is 13.0. The Balaban J connectivity index is 1.45. The van der Waals surface area contributed by atoms with Crippen molar-refractivity contribution in [3.63, 3.8) is 0 Å². The second-order valence-corrected chi connectivity index (χ2v) is 12.2. The minimum absolute atomic E-state index is 0.120. The van der Waals surface area contributed by atoms with E-state index in [9.17, 15) is 35.9 Å². The molecular weight excluding hydrogens is 640 g/mol. The van der Waals surface area contributed by atoms with E-state index in [0.29, 0.717) is 29.3 Å². The Labute approximate surface area is 273 Å². The van der Waals surface area contributed by atoms with Gasteiger partial charge in [-0.15, -0.1) is 0 Å². The number of imidazole rings is 2. The summed E-state index contributed by atoms with van der Waals surface area (Å²) in [6.07, 6.45) is -9.19. The monoisotopic (exact) mass is 677 g/mol. The summed E-state index contributed by atoms with van der Waals surface area (Å²) in [5.41, 5.74) is 4.33. The van der Waals surface area contributed by atoms with E-state index in [1.807, 2.05) is 62.4 Å². The summed E-state index contributed by atoms with van der Waals surface area (Å²) >= 11 is 0. The summed E-state index contributed by atoms with van der Waals surface area (Å²) < 4.78 is 77.4. The zero-order chi connectivity index (χ0) is 35.1. The highest BCUT2D eigenvalue weighted by Crippen LogP contribution is 2.33. The van der Waals surface area contributed by atoms with Crippen LogP contribution < -0.4 is 5.32 Å². The van der Waals surface area contributed by atoms with Gasteiger partial charge in [0.25, 0.3) is 0 Å². The molecule has 0 radical (unpaired) electrons. The summed E-state index contributed by atoms with van der Waals surface area (Å²) in [7, 11) is 0. The fraction of sp³-hybridized carbons (Fsp3) is 0.412. The van der Waals surface area contributed by atoms with Crippen LogP contribution in [0.1, 0.15) is 75.9 Å². The van der Waals surface area contributed by atoms with Gasteiger partial charge in [-0.2, -0.15) is 26.3 Å². The van der Waals surface area contributed by atoms with Crippen LogP contribution in [0.15, 0.2) is 60.9 Å². The predicted octanol–water partition coefficient (Wildman–Crippen LogP) is 8.62. The first-order valence-electron chi connectivity index (χ1n) is 15.5. The third-order valence-corrected chi connectivity index (χ3v) is 7.80. The van der Waals surface area contributed by atoms with Gasteiger partial charge in [-0.1, -0.05) is 62.4 Å². The Bertz CT molecular complexity index is 1640. The van der Waals surface area contributed by atoms with Crippen molar-refractivity contribution in [3.8, 4) is 33.6 Å². The van der Waals surface area contributed by atoms with Crippen LogP contribution in [0.2, 0.25) is 0 Å². The molecule has 0 aliphatic rings. The number of hydrogen-bond donors (Lipinski definition) is 4. The Morgan fingerprint density at radius 3 is 1.48 bits per heavy atom. The van der Waals surface area contributed by atoms with Crippen molar-refractivity contribution in [1.82, 2.24) is 25.3 Å². The molecule has 48 heavy (non-hydrogen) atoms. The molecule has 1 amide bonds. The third-order valence-electron chi connectivity index (χ3n) is 7.80. The number of carboxylic acid groups (broad SMARTS) is 1. The molecule has 0 spiro atoms. The lowest BCUT2D eigenvalue weighted by atomic mass is 9.97. The number of benzene rings is 2. The zero-order valence-electron chi connectivity index (χ0n) is 26.4. The van der Waals surface area contributed by atoms with E-state index in [2.05, 4.69) is 25.3 Å². The quantitative estimate of drug-likeness (QED) is 0.0939. The molecule has 2 atom stereocenters. The second kappa shape index (κ2) is 15.5. The van der Waals surface area contributed by atoms with E-state index in [0.717, 1.165) is 16.7 Å². The Morgan fingerprint density at radius 1 is 0.708 bits per heavy atom. The summed E-state index contributed by atoms with van der Waals surface area (Å²) in [5, 5.41) is 11.9. The largest absolute Gasteiger partial charge is 0.481 e. The number of aromatic nitrogens is 4. The molecule has 4 aromatic rings. The van der Waals surface area contributed by atoms with Crippen LogP contribution in [-0.2, 0) is 9.59 Å². The van der Waals surface area contributed by atoms with E-state index in [1.165, 1.54) is 12.4 Å². The number of halogens is 6. The minimum atomic E-state index is -4.41. The van der Waals surface area contributed by atoms with E-state index >= 15 is 0 Å². The van der Waals surface area contributed by atoms with Crippen LogP contribution in [-0.4, -0.2) is 55.8 Å². The van der Waals surface area contributed by atoms with Crippen molar-refractivity contribution in [2.24, 2.45) is 5.92 Å². The molecule has 0 saturated heterocycles. The average molecular weight is 678 g/mol. The van der Waals surface area contributed by atoms with Gasteiger partial charge in [0.15, 0.2) is 0 Å². The molecule has 0 bridgehead atoms. The van der Waals surface area contributed by atoms with Crippen LogP contribution in [0.5, 0.6) is 0 Å².